The van der Waals surface area contributed by atoms with Crippen molar-refractivity contribution >= 4 is 5.78 Å². The Hall–Kier alpha value is -2.01. The third-order valence-corrected chi connectivity index (χ3v) is 3.76. The van der Waals surface area contributed by atoms with Crippen LogP contribution in [0.5, 0.6) is 11.5 Å². The van der Waals surface area contributed by atoms with Crippen LogP contribution in [0.25, 0.3) is 0 Å². The highest BCUT2D eigenvalue weighted by Gasteiger charge is 2.40. The lowest BCUT2D eigenvalue weighted by Gasteiger charge is -2.35. The number of ether oxygens (including phenoxy) is 2. The summed E-state index contributed by atoms with van der Waals surface area (Å²) in [6, 6.07) is 6.15. The molecule has 2 N–H and O–H groups in total. The van der Waals surface area contributed by atoms with Gasteiger partial charge in [-0.15, -0.1) is 0 Å². The molecule has 1 aliphatic heterocycles. The molecule has 20 heavy (non-hydrogen) atoms. The summed E-state index contributed by atoms with van der Waals surface area (Å²) in [6.45, 7) is 0. The van der Waals surface area contributed by atoms with E-state index in [4.69, 9.17) is 9.47 Å². The van der Waals surface area contributed by atoms with Crippen LogP contribution in [0.3, 0.4) is 0 Å². The maximum atomic E-state index is 12.3. The van der Waals surface area contributed by atoms with Gasteiger partial charge in [-0.2, -0.15) is 0 Å². The number of fused-ring (bicyclic) bond motifs is 1. The first-order valence-corrected chi connectivity index (χ1v) is 6.68. The van der Waals surface area contributed by atoms with Crippen molar-refractivity contribution in [3.05, 3.63) is 36.3 Å². The normalized spacial score (nSPS) is 29.1. The summed E-state index contributed by atoms with van der Waals surface area (Å²) in [5.74, 6) is 0.462. The molecular formula is C15H16O5. The number of carbonyl (C=O) groups excluding carboxylic acids is 1. The first-order chi connectivity index (χ1) is 9.63. The fraction of sp³-hybridized carbons (Fsp3) is 0.400. The van der Waals surface area contributed by atoms with E-state index in [1.807, 2.05) is 0 Å². The molecule has 0 amide bonds. The molecule has 0 bridgehead atoms. The van der Waals surface area contributed by atoms with E-state index in [9.17, 15) is 15.0 Å². The summed E-state index contributed by atoms with van der Waals surface area (Å²) in [5.41, 5.74) is 0. The Labute approximate surface area is 116 Å². The van der Waals surface area contributed by atoms with Crippen molar-refractivity contribution in [2.24, 2.45) is 5.92 Å². The lowest BCUT2D eigenvalue weighted by Crippen LogP contribution is -2.41. The standard InChI is InChI=1S/C15H16O5/c16-9-1-4-11(5-2-9)20-14-8-19-13-7-10(17)3-6-12(13)15(14)18/h1-2,4-5,8,10,12-13,16-17H,3,6-7H2. The monoisotopic (exact) mass is 276 g/mol. The van der Waals surface area contributed by atoms with Gasteiger partial charge in [0.25, 0.3) is 0 Å². The van der Waals surface area contributed by atoms with Crippen LogP contribution in [0, 0.1) is 5.92 Å². The molecule has 1 aromatic rings. The smallest absolute Gasteiger partial charge is 0.207 e. The molecule has 1 saturated carbocycles. The number of benzene rings is 1. The molecule has 1 heterocycles. The van der Waals surface area contributed by atoms with Crippen molar-refractivity contribution < 1.29 is 24.5 Å². The molecule has 106 valence electrons. The molecule has 1 aromatic carbocycles. The van der Waals surface area contributed by atoms with Crippen LogP contribution in [-0.2, 0) is 9.53 Å². The molecule has 0 saturated heterocycles. The summed E-state index contributed by atoms with van der Waals surface area (Å²) in [5, 5.41) is 18.8. The lowest BCUT2D eigenvalue weighted by atomic mass is 9.80. The number of ketones is 1. The van der Waals surface area contributed by atoms with Crippen LogP contribution in [0.2, 0.25) is 0 Å². The Morgan fingerprint density at radius 1 is 1.20 bits per heavy atom. The number of rotatable bonds is 2. The second-order valence-electron chi connectivity index (χ2n) is 5.19. The number of carbonyl (C=O) groups is 1. The summed E-state index contributed by atoms with van der Waals surface area (Å²) in [7, 11) is 0. The molecule has 3 rings (SSSR count). The topological polar surface area (TPSA) is 76.0 Å². The van der Waals surface area contributed by atoms with Gasteiger partial charge in [0.1, 0.15) is 23.9 Å². The van der Waals surface area contributed by atoms with Crippen LogP contribution in [0.15, 0.2) is 36.3 Å². The van der Waals surface area contributed by atoms with Crippen LogP contribution >= 0.6 is 0 Å². The largest absolute Gasteiger partial charge is 0.508 e. The molecular weight excluding hydrogens is 260 g/mol. The Kier molecular flexibility index (Phi) is 3.36. The molecule has 1 fully saturated rings. The summed E-state index contributed by atoms with van der Waals surface area (Å²) in [4.78, 5) is 12.3. The van der Waals surface area contributed by atoms with Gasteiger partial charge in [0.2, 0.25) is 11.5 Å². The summed E-state index contributed by atoms with van der Waals surface area (Å²) in [6.07, 6.45) is 2.40. The molecule has 0 spiro atoms. The van der Waals surface area contributed by atoms with Crippen molar-refractivity contribution in [3.8, 4) is 11.5 Å². The molecule has 3 unspecified atom stereocenters. The van der Waals surface area contributed by atoms with Gasteiger partial charge in [0.05, 0.1) is 12.0 Å². The number of phenols is 1. The van der Waals surface area contributed by atoms with Crippen molar-refractivity contribution in [1.29, 1.82) is 0 Å². The van der Waals surface area contributed by atoms with Crippen molar-refractivity contribution in [3.63, 3.8) is 0 Å². The molecule has 3 atom stereocenters. The van der Waals surface area contributed by atoms with Gasteiger partial charge in [-0.25, -0.2) is 0 Å². The number of aliphatic hydroxyl groups excluding tert-OH is 1. The van der Waals surface area contributed by atoms with E-state index in [1.54, 1.807) is 12.1 Å². The van der Waals surface area contributed by atoms with Crippen molar-refractivity contribution in [2.45, 2.75) is 31.5 Å². The highest BCUT2D eigenvalue weighted by Crippen LogP contribution is 2.34. The summed E-state index contributed by atoms with van der Waals surface area (Å²) >= 11 is 0. The Morgan fingerprint density at radius 3 is 2.70 bits per heavy atom. The maximum Gasteiger partial charge on any atom is 0.207 e. The van der Waals surface area contributed by atoms with E-state index in [0.717, 1.165) is 0 Å². The molecule has 0 radical (unpaired) electrons. The zero-order chi connectivity index (χ0) is 14.1. The van der Waals surface area contributed by atoms with Crippen molar-refractivity contribution in [2.75, 3.05) is 0 Å². The quantitative estimate of drug-likeness (QED) is 0.860. The van der Waals surface area contributed by atoms with Gasteiger partial charge < -0.3 is 19.7 Å². The number of aliphatic hydroxyl groups is 1. The van der Waals surface area contributed by atoms with Crippen LogP contribution in [0.4, 0.5) is 0 Å². The Morgan fingerprint density at radius 2 is 1.95 bits per heavy atom. The third-order valence-electron chi connectivity index (χ3n) is 3.76. The van der Waals surface area contributed by atoms with Gasteiger partial charge in [-0.1, -0.05) is 0 Å². The predicted molar refractivity (Wildman–Crippen MR) is 70.0 cm³/mol. The van der Waals surface area contributed by atoms with Crippen LogP contribution in [0.1, 0.15) is 19.3 Å². The SMILES string of the molecule is O=C1C(Oc2ccc(O)cc2)=COC2CC(O)CCC12. The minimum Gasteiger partial charge on any atom is -0.508 e. The van der Waals surface area contributed by atoms with Gasteiger partial charge in [-0.05, 0) is 37.1 Å². The highest BCUT2D eigenvalue weighted by molar-refractivity contribution is 5.96. The van der Waals surface area contributed by atoms with Gasteiger partial charge in [-0.3, -0.25) is 4.79 Å². The Balaban J connectivity index is 1.74. The van der Waals surface area contributed by atoms with Gasteiger partial charge >= 0.3 is 0 Å². The zero-order valence-electron chi connectivity index (χ0n) is 10.9. The second-order valence-corrected chi connectivity index (χ2v) is 5.19. The average molecular weight is 276 g/mol. The van der Waals surface area contributed by atoms with Crippen LogP contribution < -0.4 is 4.74 Å². The minimum absolute atomic E-state index is 0.0822. The first-order valence-electron chi connectivity index (χ1n) is 6.68. The van der Waals surface area contributed by atoms with E-state index >= 15 is 0 Å². The number of phenolic OH excluding ortho intramolecular Hbond substituents is 1. The molecule has 5 heteroatoms. The fourth-order valence-corrected chi connectivity index (χ4v) is 2.66. The van der Waals surface area contributed by atoms with E-state index in [2.05, 4.69) is 0 Å². The van der Waals surface area contributed by atoms with E-state index in [0.29, 0.717) is 25.0 Å². The zero-order valence-corrected chi connectivity index (χ0v) is 10.9. The number of allylic oxidation sites excluding steroid dienone is 1. The second kappa shape index (κ2) is 5.17. The van der Waals surface area contributed by atoms with E-state index < -0.39 is 6.10 Å². The molecule has 0 aromatic heterocycles. The van der Waals surface area contributed by atoms with E-state index in [1.165, 1.54) is 18.4 Å². The molecule has 2 aliphatic rings. The number of hydrogen-bond acceptors (Lipinski definition) is 5. The maximum absolute atomic E-state index is 12.3. The summed E-state index contributed by atoms with van der Waals surface area (Å²) < 4.78 is 11.0. The molecule has 5 nitrogen and oxygen atoms in total. The third kappa shape index (κ3) is 2.49. The Bertz CT molecular complexity index is 534. The predicted octanol–water partition coefficient (Wildman–Crippen LogP) is 1.74. The molecule has 1 aliphatic carbocycles. The number of aromatic hydroxyl groups is 1. The number of Topliss-reactive ketones (excluding diaryl/α,β-unsaturated/α-hetero) is 1. The van der Waals surface area contributed by atoms with E-state index in [-0.39, 0.29) is 29.3 Å². The lowest BCUT2D eigenvalue weighted by molar-refractivity contribution is -0.132. The van der Waals surface area contributed by atoms with Crippen LogP contribution in [-0.4, -0.2) is 28.2 Å². The van der Waals surface area contributed by atoms with Gasteiger partial charge in [0.15, 0.2) is 0 Å². The van der Waals surface area contributed by atoms with Crippen molar-refractivity contribution in [1.82, 2.24) is 0 Å². The number of hydrogen-bond donors (Lipinski definition) is 2. The minimum atomic E-state index is -0.392. The average Bonchev–Trinajstić information content (AvgIpc) is 2.44. The van der Waals surface area contributed by atoms with Gasteiger partial charge in [0, 0.05) is 6.42 Å². The first kappa shape index (κ1) is 13.0. The highest BCUT2D eigenvalue weighted by atomic mass is 16.5. The fourth-order valence-electron chi connectivity index (χ4n) is 2.66.